The molecule has 3 rings (SSSR count). The van der Waals surface area contributed by atoms with E-state index in [1.807, 2.05) is 17.0 Å². The molecule has 1 aromatic carbocycles. The summed E-state index contributed by atoms with van der Waals surface area (Å²) in [5.74, 6) is -0.117. The minimum Gasteiger partial charge on any atom is -0.383 e. The highest BCUT2D eigenvalue weighted by Crippen LogP contribution is 2.23. The van der Waals surface area contributed by atoms with Gasteiger partial charge in [0, 0.05) is 55.9 Å². The normalized spacial score (nSPS) is 14.6. The molecule has 2 heterocycles. The van der Waals surface area contributed by atoms with Crippen molar-refractivity contribution in [3.05, 3.63) is 40.4 Å². The van der Waals surface area contributed by atoms with Crippen LogP contribution >= 0.6 is 22.9 Å². The predicted molar refractivity (Wildman–Crippen MR) is 114 cm³/mol. The minimum atomic E-state index is -0.0883. The fourth-order valence-electron chi connectivity index (χ4n) is 2.91. The van der Waals surface area contributed by atoms with Crippen LogP contribution in [0.4, 0.5) is 10.8 Å². The van der Waals surface area contributed by atoms with Crippen molar-refractivity contribution in [3.63, 3.8) is 0 Å². The second-order valence-electron chi connectivity index (χ2n) is 6.58. The number of hydrogen-bond acceptors (Lipinski definition) is 7. The molecule has 8 nitrogen and oxygen atoms in total. The number of hydrogen-bond donors (Lipinski definition) is 2. The first-order chi connectivity index (χ1) is 14.0. The number of nitrogens with one attached hydrogen (secondary N) is 2. The lowest BCUT2D eigenvalue weighted by Crippen LogP contribution is -2.51. The number of piperazine rings is 1. The summed E-state index contributed by atoms with van der Waals surface area (Å²) < 4.78 is 4.92. The van der Waals surface area contributed by atoms with Gasteiger partial charge in [0.25, 0.3) is 5.91 Å². The summed E-state index contributed by atoms with van der Waals surface area (Å²) in [5, 5.41) is 9.06. The summed E-state index contributed by atoms with van der Waals surface area (Å²) in [5.41, 5.74) is 1.29. The SMILES string of the molecule is COCCNC(=O)CN1CCN(C(=O)c2csc(Nc3ccc(Cl)cc3)n2)CC1. The number of carbonyl (C=O) groups is 2. The molecule has 1 aliphatic rings. The fourth-order valence-corrected chi connectivity index (χ4v) is 3.74. The largest absolute Gasteiger partial charge is 0.383 e. The number of thiazole rings is 1. The maximum absolute atomic E-state index is 12.7. The van der Waals surface area contributed by atoms with Crippen LogP contribution < -0.4 is 10.6 Å². The molecular weight excluding hydrogens is 414 g/mol. The Labute approximate surface area is 178 Å². The Morgan fingerprint density at radius 3 is 2.62 bits per heavy atom. The standard InChI is InChI=1S/C19H24ClN5O3S/c1-28-11-6-21-17(26)12-24-7-9-25(10-8-24)18(27)16-13-29-19(23-16)22-15-4-2-14(20)3-5-15/h2-5,13H,6-12H2,1H3,(H,21,26)(H,22,23). The Kier molecular flexibility index (Phi) is 7.82. The second-order valence-corrected chi connectivity index (χ2v) is 7.88. The van der Waals surface area contributed by atoms with Crippen LogP contribution in [0.15, 0.2) is 29.6 Å². The van der Waals surface area contributed by atoms with Gasteiger partial charge in [-0.05, 0) is 24.3 Å². The molecule has 0 saturated carbocycles. The molecule has 0 bridgehead atoms. The summed E-state index contributed by atoms with van der Waals surface area (Å²) in [6.07, 6.45) is 0. The zero-order chi connectivity index (χ0) is 20.6. The minimum absolute atomic E-state index is 0.0285. The van der Waals surface area contributed by atoms with Crippen molar-refractivity contribution in [2.45, 2.75) is 0 Å². The van der Waals surface area contributed by atoms with Crippen molar-refractivity contribution >= 4 is 45.6 Å². The smallest absolute Gasteiger partial charge is 0.273 e. The maximum Gasteiger partial charge on any atom is 0.273 e. The van der Waals surface area contributed by atoms with Gasteiger partial charge >= 0.3 is 0 Å². The van der Waals surface area contributed by atoms with Crippen molar-refractivity contribution in [1.82, 2.24) is 20.1 Å². The molecule has 2 N–H and O–H groups in total. The molecule has 0 radical (unpaired) electrons. The molecule has 0 unspecified atom stereocenters. The molecule has 0 aliphatic carbocycles. The Bertz CT molecular complexity index is 822. The second kappa shape index (κ2) is 10.5. The molecule has 1 aromatic heterocycles. The van der Waals surface area contributed by atoms with E-state index in [2.05, 4.69) is 15.6 Å². The van der Waals surface area contributed by atoms with Gasteiger partial charge in [-0.1, -0.05) is 11.6 Å². The maximum atomic E-state index is 12.7. The van der Waals surface area contributed by atoms with E-state index in [0.717, 1.165) is 5.69 Å². The lowest BCUT2D eigenvalue weighted by molar-refractivity contribution is -0.122. The number of amides is 2. The number of methoxy groups -OCH3 is 1. The van der Waals surface area contributed by atoms with Gasteiger partial charge < -0.3 is 20.3 Å². The molecule has 1 aliphatic heterocycles. The number of benzene rings is 1. The summed E-state index contributed by atoms with van der Waals surface area (Å²) in [7, 11) is 1.60. The van der Waals surface area contributed by atoms with E-state index in [9.17, 15) is 9.59 Å². The van der Waals surface area contributed by atoms with Gasteiger partial charge in [-0.2, -0.15) is 0 Å². The molecule has 0 spiro atoms. The van der Waals surface area contributed by atoms with Crippen molar-refractivity contribution in [3.8, 4) is 0 Å². The van der Waals surface area contributed by atoms with Crippen LogP contribution in [0.2, 0.25) is 5.02 Å². The molecule has 2 amide bonds. The molecule has 0 atom stereocenters. The number of anilines is 2. The van der Waals surface area contributed by atoms with Gasteiger partial charge in [0.05, 0.1) is 13.2 Å². The Balaban J connectivity index is 1.46. The third kappa shape index (κ3) is 6.40. The number of aromatic nitrogens is 1. The summed E-state index contributed by atoms with van der Waals surface area (Å²) >= 11 is 7.27. The molecule has 2 aromatic rings. The van der Waals surface area contributed by atoms with Gasteiger partial charge in [0.1, 0.15) is 5.69 Å². The average molecular weight is 438 g/mol. The molecule has 29 heavy (non-hydrogen) atoms. The Morgan fingerprint density at radius 1 is 1.21 bits per heavy atom. The number of halogens is 1. The van der Waals surface area contributed by atoms with E-state index >= 15 is 0 Å². The Morgan fingerprint density at radius 2 is 1.93 bits per heavy atom. The highest BCUT2D eigenvalue weighted by atomic mass is 35.5. The van der Waals surface area contributed by atoms with Gasteiger partial charge in [0.15, 0.2) is 5.13 Å². The molecule has 1 saturated heterocycles. The monoisotopic (exact) mass is 437 g/mol. The quantitative estimate of drug-likeness (QED) is 0.615. The first-order valence-corrected chi connectivity index (χ1v) is 10.6. The van der Waals surface area contributed by atoms with E-state index in [4.69, 9.17) is 16.3 Å². The van der Waals surface area contributed by atoms with Crippen LogP contribution in [0.1, 0.15) is 10.5 Å². The lowest BCUT2D eigenvalue weighted by atomic mass is 10.3. The van der Waals surface area contributed by atoms with Crippen LogP contribution in [-0.2, 0) is 9.53 Å². The van der Waals surface area contributed by atoms with Gasteiger partial charge in [0.2, 0.25) is 5.91 Å². The molecule has 156 valence electrons. The fraction of sp³-hybridized carbons (Fsp3) is 0.421. The van der Waals surface area contributed by atoms with Crippen LogP contribution in [0, 0.1) is 0 Å². The topological polar surface area (TPSA) is 86.8 Å². The third-order valence-corrected chi connectivity index (χ3v) is 5.48. The van der Waals surface area contributed by atoms with E-state index in [1.165, 1.54) is 11.3 Å². The van der Waals surface area contributed by atoms with Crippen molar-refractivity contribution in [2.24, 2.45) is 0 Å². The van der Waals surface area contributed by atoms with Crippen LogP contribution in [0.25, 0.3) is 0 Å². The van der Waals surface area contributed by atoms with E-state index < -0.39 is 0 Å². The lowest BCUT2D eigenvalue weighted by Gasteiger charge is -2.33. The highest BCUT2D eigenvalue weighted by Gasteiger charge is 2.24. The number of nitrogens with zero attached hydrogens (tertiary/aromatic N) is 3. The summed E-state index contributed by atoms with van der Waals surface area (Å²) in [6, 6.07) is 7.30. The van der Waals surface area contributed by atoms with E-state index in [1.54, 1.807) is 29.5 Å². The number of ether oxygens (including phenoxy) is 1. The van der Waals surface area contributed by atoms with Crippen LogP contribution in [0.5, 0.6) is 0 Å². The zero-order valence-corrected chi connectivity index (χ0v) is 17.8. The van der Waals surface area contributed by atoms with Gasteiger partial charge in [-0.25, -0.2) is 4.98 Å². The number of rotatable bonds is 8. The number of carbonyl (C=O) groups excluding carboxylic acids is 2. The van der Waals surface area contributed by atoms with Crippen LogP contribution in [0.3, 0.4) is 0 Å². The molecule has 10 heteroatoms. The van der Waals surface area contributed by atoms with Crippen molar-refractivity contribution in [2.75, 3.05) is 58.3 Å². The van der Waals surface area contributed by atoms with Crippen LogP contribution in [-0.4, -0.2) is 79.6 Å². The molecule has 1 fully saturated rings. The van der Waals surface area contributed by atoms with E-state index in [0.29, 0.717) is 61.7 Å². The first kappa shape index (κ1) is 21.5. The third-order valence-electron chi connectivity index (χ3n) is 4.47. The van der Waals surface area contributed by atoms with Gasteiger partial charge in [-0.15, -0.1) is 11.3 Å². The van der Waals surface area contributed by atoms with Gasteiger partial charge in [-0.3, -0.25) is 14.5 Å². The Hall–Kier alpha value is -2.20. The summed E-state index contributed by atoms with van der Waals surface area (Å²) in [4.78, 5) is 32.8. The predicted octanol–water partition coefficient (Wildman–Crippen LogP) is 2.06. The average Bonchev–Trinajstić information content (AvgIpc) is 3.18. The van der Waals surface area contributed by atoms with E-state index in [-0.39, 0.29) is 11.8 Å². The molecular formula is C19H24ClN5O3S. The van der Waals surface area contributed by atoms with Crippen molar-refractivity contribution < 1.29 is 14.3 Å². The highest BCUT2D eigenvalue weighted by molar-refractivity contribution is 7.14. The summed E-state index contributed by atoms with van der Waals surface area (Å²) in [6.45, 7) is 3.79. The zero-order valence-electron chi connectivity index (χ0n) is 16.2. The first-order valence-electron chi connectivity index (χ1n) is 9.30. The van der Waals surface area contributed by atoms with Crippen molar-refractivity contribution in [1.29, 1.82) is 0 Å².